The van der Waals surface area contributed by atoms with Gasteiger partial charge in [-0.15, -0.1) is 0 Å². The average molecular weight is 410 g/mol. The van der Waals surface area contributed by atoms with Crippen LogP contribution in [0.2, 0.25) is 0 Å². The van der Waals surface area contributed by atoms with E-state index in [9.17, 15) is 4.79 Å². The minimum Gasteiger partial charge on any atom is -0.497 e. The van der Waals surface area contributed by atoms with Crippen LogP contribution in [0.25, 0.3) is 16.6 Å². The van der Waals surface area contributed by atoms with E-state index in [1.165, 1.54) is 0 Å². The summed E-state index contributed by atoms with van der Waals surface area (Å²) in [6.07, 6.45) is 5.63. The first-order valence-corrected chi connectivity index (χ1v) is 10.1. The van der Waals surface area contributed by atoms with Crippen LogP contribution < -0.4 is 10.1 Å². The number of ether oxygens (including phenoxy) is 1. The molecule has 154 valence electrons. The SMILES string of the molecule is COc1cccc(NC(C(=O)c2c[nH]c3ccccc23)c2cn3ccc(C)cc3n2)c1. The summed E-state index contributed by atoms with van der Waals surface area (Å²) in [7, 11) is 1.62. The molecule has 0 saturated heterocycles. The van der Waals surface area contributed by atoms with Gasteiger partial charge < -0.3 is 19.4 Å². The standard InChI is InChI=1S/C25H22N4O2/c1-16-10-11-29-15-22(28-23(29)12-16)24(27-17-6-5-7-18(13-17)31-2)25(30)20-14-26-21-9-4-3-8-19(20)21/h3-15,24,26-27H,1-2H3. The molecule has 31 heavy (non-hydrogen) atoms. The van der Waals surface area contributed by atoms with Crippen molar-refractivity contribution in [2.45, 2.75) is 13.0 Å². The molecule has 3 aromatic heterocycles. The van der Waals surface area contributed by atoms with Crippen LogP contribution in [0.4, 0.5) is 5.69 Å². The van der Waals surface area contributed by atoms with Crippen LogP contribution in [0.5, 0.6) is 5.75 Å². The molecule has 5 aromatic rings. The smallest absolute Gasteiger partial charge is 0.193 e. The zero-order valence-corrected chi connectivity index (χ0v) is 17.3. The summed E-state index contributed by atoms with van der Waals surface area (Å²) in [5.74, 6) is 0.661. The van der Waals surface area contributed by atoms with Gasteiger partial charge in [-0.3, -0.25) is 4.79 Å². The molecule has 6 heteroatoms. The van der Waals surface area contributed by atoms with Gasteiger partial charge in [-0.05, 0) is 42.8 Å². The Hall–Kier alpha value is -4.06. The summed E-state index contributed by atoms with van der Waals surface area (Å²) in [4.78, 5) is 21.7. The van der Waals surface area contributed by atoms with E-state index in [-0.39, 0.29) is 5.78 Å². The fourth-order valence-electron chi connectivity index (χ4n) is 3.83. The van der Waals surface area contributed by atoms with Crippen LogP contribution in [0.15, 0.2) is 79.3 Å². The number of nitrogens with one attached hydrogen (secondary N) is 2. The van der Waals surface area contributed by atoms with Crippen molar-refractivity contribution in [1.82, 2.24) is 14.4 Å². The van der Waals surface area contributed by atoms with E-state index < -0.39 is 6.04 Å². The van der Waals surface area contributed by atoms with Gasteiger partial charge in [0.25, 0.3) is 0 Å². The van der Waals surface area contributed by atoms with Crippen molar-refractivity contribution in [3.63, 3.8) is 0 Å². The molecule has 0 aliphatic heterocycles. The second-order valence-electron chi connectivity index (χ2n) is 7.56. The molecule has 1 unspecified atom stereocenters. The van der Waals surface area contributed by atoms with E-state index in [0.29, 0.717) is 17.0 Å². The van der Waals surface area contributed by atoms with E-state index in [2.05, 4.69) is 10.3 Å². The van der Waals surface area contributed by atoms with Crippen LogP contribution in [0, 0.1) is 6.92 Å². The number of Topliss-reactive ketones (excluding diaryl/α,β-unsaturated/α-hetero) is 1. The molecular formula is C25H22N4O2. The number of H-pyrrole nitrogens is 1. The number of fused-ring (bicyclic) bond motifs is 2. The second-order valence-corrected chi connectivity index (χ2v) is 7.56. The van der Waals surface area contributed by atoms with Gasteiger partial charge in [0.2, 0.25) is 0 Å². The molecule has 2 aromatic carbocycles. The van der Waals surface area contributed by atoms with E-state index in [1.807, 2.05) is 84.4 Å². The minimum absolute atomic E-state index is 0.0552. The first-order chi connectivity index (χ1) is 15.1. The number of ketones is 1. The number of imidazole rings is 1. The van der Waals surface area contributed by atoms with Crippen LogP contribution in [0.1, 0.15) is 27.7 Å². The van der Waals surface area contributed by atoms with Gasteiger partial charge in [0, 0.05) is 46.8 Å². The van der Waals surface area contributed by atoms with Crippen molar-refractivity contribution in [2.24, 2.45) is 0 Å². The second kappa shape index (κ2) is 7.65. The normalized spacial score (nSPS) is 12.2. The molecule has 2 N–H and O–H groups in total. The number of carbonyl (C=O) groups excluding carboxylic acids is 1. The Labute approximate surface area is 179 Å². The van der Waals surface area contributed by atoms with E-state index in [1.54, 1.807) is 13.3 Å². The fourth-order valence-corrected chi connectivity index (χ4v) is 3.83. The number of nitrogens with zero attached hydrogens (tertiary/aromatic N) is 2. The largest absolute Gasteiger partial charge is 0.497 e. The number of para-hydroxylation sites is 1. The number of methoxy groups -OCH3 is 1. The molecule has 0 saturated carbocycles. The van der Waals surface area contributed by atoms with Crippen molar-refractivity contribution in [3.8, 4) is 5.75 Å². The van der Waals surface area contributed by atoms with E-state index >= 15 is 0 Å². The Bertz CT molecular complexity index is 1400. The maximum Gasteiger partial charge on any atom is 0.193 e. The minimum atomic E-state index is -0.661. The molecule has 0 amide bonds. The third kappa shape index (κ3) is 3.53. The Morgan fingerprint density at radius 3 is 2.87 bits per heavy atom. The highest BCUT2D eigenvalue weighted by molar-refractivity contribution is 6.11. The van der Waals surface area contributed by atoms with Crippen LogP contribution in [-0.2, 0) is 0 Å². The quantitative estimate of drug-likeness (QED) is 0.379. The van der Waals surface area contributed by atoms with Crippen molar-refractivity contribution < 1.29 is 9.53 Å². The van der Waals surface area contributed by atoms with Gasteiger partial charge >= 0.3 is 0 Å². The van der Waals surface area contributed by atoms with Crippen molar-refractivity contribution in [3.05, 3.63) is 96.1 Å². The summed E-state index contributed by atoms with van der Waals surface area (Å²) in [5.41, 5.74) is 4.92. The average Bonchev–Trinajstić information content (AvgIpc) is 3.41. The lowest BCUT2D eigenvalue weighted by atomic mass is 10.0. The van der Waals surface area contributed by atoms with Gasteiger partial charge in [-0.2, -0.15) is 0 Å². The Morgan fingerprint density at radius 2 is 2.00 bits per heavy atom. The predicted octanol–water partition coefficient (Wildman–Crippen LogP) is 5.17. The van der Waals surface area contributed by atoms with Crippen LogP contribution >= 0.6 is 0 Å². The maximum atomic E-state index is 13.8. The summed E-state index contributed by atoms with van der Waals surface area (Å²) in [6, 6.07) is 18.7. The number of aromatic amines is 1. The Morgan fingerprint density at radius 1 is 1.13 bits per heavy atom. The topological polar surface area (TPSA) is 71.4 Å². The number of aromatic nitrogens is 3. The lowest BCUT2D eigenvalue weighted by molar-refractivity contribution is 0.0970. The lowest BCUT2D eigenvalue weighted by Gasteiger charge is -2.17. The summed E-state index contributed by atoms with van der Waals surface area (Å²) < 4.78 is 7.28. The zero-order chi connectivity index (χ0) is 21.4. The summed E-state index contributed by atoms with van der Waals surface area (Å²) >= 11 is 0. The number of benzene rings is 2. The van der Waals surface area contributed by atoms with Crippen molar-refractivity contribution in [1.29, 1.82) is 0 Å². The highest BCUT2D eigenvalue weighted by Gasteiger charge is 2.27. The highest BCUT2D eigenvalue weighted by Crippen LogP contribution is 2.29. The van der Waals surface area contributed by atoms with Gasteiger partial charge in [0.15, 0.2) is 5.78 Å². The van der Waals surface area contributed by atoms with Crippen LogP contribution in [0.3, 0.4) is 0 Å². The number of aryl methyl sites for hydroxylation is 1. The molecule has 5 rings (SSSR count). The van der Waals surface area contributed by atoms with Crippen molar-refractivity contribution in [2.75, 3.05) is 12.4 Å². The van der Waals surface area contributed by atoms with Gasteiger partial charge in [-0.25, -0.2) is 4.98 Å². The molecule has 0 aliphatic carbocycles. The van der Waals surface area contributed by atoms with Gasteiger partial charge in [0.05, 0.1) is 12.8 Å². The van der Waals surface area contributed by atoms with Crippen molar-refractivity contribution >= 4 is 28.0 Å². The first kappa shape index (κ1) is 18.9. The van der Waals surface area contributed by atoms with Crippen LogP contribution in [-0.4, -0.2) is 27.3 Å². The maximum absolute atomic E-state index is 13.8. The van der Waals surface area contributed by atoms with Gasteiger partial charge in [-0.1, -0.05) is 24.3 Å². The Kier molecular flexibility index (Phi) is 4.67. The molecule has 0 radical (unpaired) electrons. The molecule has 1 atom stereocenters. The van der Waals surface area contributed by atoms with E-state index in [4.69, 9.17) is 9.72 Å². The lowest BCUT2D eigenvalue weighted by Crippen LogP contribution is -2.21. The number of hydrogen-bond donors (Lipinski definition) is 2. The Balaban J connectivity index is 1.61. The molecule has 6 nitrogen and oxygen atoms in total. The molecule has 0 aliphatic rings. The highest BCUT2D eigenvalue weighted by atomic mass is 16.5. The number of carbonyl (C=O) groups is 1. The van der Waals surface area contributed by atoms with E-state index in [0.717, 1.165) is 27.8 Å². The molecule has 0 fully saturated rings. The number of pyridine rings is 1. The molecule has 0 bridgehead atoms. The molecule has 3 heterocycles. The number of rotatable bonds is 6. The number of hydrogen-bond acceptors (Lipinski definition) is 4. The van der Waals surface area contributed by atoms with Gasteiger partial charge in [0.1, 0.15) is 17.4 Å². The monoisotopic (exact) mass is 410 g/mol. The molecular weight excluding hydrogens is 388 g/mol. The first-order valence-electron chi connectivity index (χ1n) is 10.1. The molecule has 0 spiro atoms. The zero-order valence-electron chi connectivity index (χ0n) is 17.3. The predicted molar refractivity (Wildman–Crippen MR) is 122 cm³/mol. The number of anilines is 1. The fraction of sp³-hybridized carbons (Fsp3) is 0.120. The third-order valence-electron chi connectivity index (χ3n) is 5.43. The third-order valence-corrected chi connectivity index (χ3v) is 5.43. The summed E-state index contributed by atoms with van der Waals surface area (Å²) in [6.45, 7) is 2.03. The summed E-state index contributed by atoms with van der Waals surface area (Å²) in [5, 5.41) is 4.27.